The van der Waals surface area contributed by atoms with Crippen LogP contribution in [0.2, 0.25) is 0 Å². The van der Waals surface area contributed by atoms with E-state index in [1.807, 2.05) is 48.5 Å². The van der Waals surface area contributed by atoms with Crippen molar-refractivity contribution < 1.29 is 18.3 Å². The lowest BCUT2D eigenvalue weighted by atomic mass is 9.99. The minimum absolute atomic E-state index is 0.0161. The Morgan fingerprint density at radius 1 is 0.969 bits per heavy atom. The van der Waals surface area contributed by atoms with E-state index in [0.29, 0.717) is 17.8 Å². The smallest absolute Gasteiger partial charge is 0.411 e. The van der Waals surface area contributed by atoms with Gasteiger partial charge in [0.1, 0.15) is 11.6 Å². The summed E-state index contributed by atoms with van der Waals surface area (Å²) < 4.78 is 33.2. The van der Waals surface area contributed by atoms with Crippen LogP contribution in [0.4, 0.5) is 19.3 Å². The average Bonchev–Trinajstić information content (AvgIpc) is 3.23. The number of hydrogen-bond donors (Lipinski definition) is 1. The molecular weight excluding hydrogens is 410 g/mol. The SMILES string of the molecule is CC(C)OC(=O)Nc1ccc(-c2ccc(C3CCC(c4c(F)cccc4F)=N3)cc2)cc1. The van der Waals surface area contributed by atoms with Gasteiger partial charge < -0.3 is 4.74 Å². The van der Waals surface area contributed by atoms with Crippen LogP contribution >= 0.6 is 0 Å². The molecule has 0 radical (unpaired) electrons. The van der Waals surface area contributed by atoms with Crippen LogP contribution in [0.25, 0.3) is 11.1 Å². The second kappa shape index (κ2) is 9.30. The molecule has 0 bridgehead atoms. The first kappa shape index (κ1) is 21.7. The van der Waals surface area contributed by atoms with Gasteiger partial charge in [-0.1, -0.05) is 42.5 Å². The van der Waals surface area contributed by atoms with Gasteiger partial charge in [-0.2, -0.15) is 0 Å². The Bertz CT molecular complexity index is 1120. The van der Waals surface area contributed by atoms with Crippen LogP contribution in [0, 0.1) is 11.6 Å². The second-order valence-electron chi connectivity index (χ2n) is 8.01. The fraction of sp³-hybridized carbons (Fsp3) is 0.231. The average molecular weight is 434 g/mol. The maximum Gasteiger partial charge on any atom is 0.411 e. The van der Waals surface area contributed by atoms with E-state index >= 15 is 0 Å². The Morgan fingerprint density at radius 3 is 2.16 bits per heavy atom. The summed E-state index contributed by atoms with van der Waals surface area (Å²) in [6, 6.07) is 19.3. The van der Waals surface area contributed by atoms with Crippen LogP contribution in [0.5, 0.6) is 0 Å². The largest absolute Gasteiger partial charge is 0.447 e. The van der Waals surface area contributed by atoms with E-state index in [0.717, 1.165) is 23.1 Å². The summed E-state index contributed by atoms with van der Waals surface area (Å²) in [6.07, 6.45) is 0.593. The summed E-state index contributed by atoms with van der Waals surface area (Å²) in [5.41, 5.74) is 4.15. The van der Waals surface area contributed by atoms with E-state index in [1.165, 1.54) is 18.2 Å². The molecule has 0 aliphatic carbocycles. The van der Waals surface area contributed by atoms with E-state index in [1.54, 1.807) is 13.8 Å². The van der Waals surface area contributed by atoms with Gasteiger partial charge in [-0.15, -0.1) is 0 Å². The molecule has 1 heterocycles. The van der Waals surface area contributed by atoms with Crippen molar-refractivity contribution in [3.05, 3.63) is 89.5 Å². The zero-order valence-corrected chi connectivity index (χ0v) is 17.9. The van der Waals surface area contributed by atoms with Gasteiger partial charge in [0.05, 0.1) is 17.7 Å². The van der Waals surface area contributed by atoms with Gasteiger partial charge in [-0.25, -0.2) is 13.6 Å². The van der Waals surface area contributed by atoms with Crippen molar-refractivity contribution in [1.29, 1.82) is 0 Å². The van der Waals surface area contributed by atoms with Crippen molar-refractivity contribution in [2.24, 2.45) is 4.99 Å². The van der Waals surface area contributed by atoms with Crippen molar-refractivity contribution in [2.45, 2.75) is 38.8 Å². The zero-order valence-electron chi connectivity index (χ0n) is 17.9. The summed E-state index contributed by atoms with van der Waals surface area (Å²) in [5, 5.41) is 2.69. The van der Waals surface area contributed by atoms with Gasteiger partial charge in [0.15, 0.2) is 0 Å². The second-order valence-corrected chi connectivity index (χ2v) is 8.01. The topological polar surface area (TPSA) is 50.7 Å². The van der Waals surface area contributed by atoms with Crippen LogP contribution in [0.1, 0.15) is 43.9 Å². The molecule has 0 fully saturated rings. The number of carbonyl (C=O) groups is 1. The summed E-state index contributed by atoms with van der Waals surface area (Å²) in [5.74, 6) is -1.15. The third-order valence-corrected chi connectivity index (χ3v) is 5.32. The molecule has 1 N–H and O–H groups in total. The number of hydrogen-bond acceptors (Lipinski definition) is 3. The highest BCUT2D eigenvalue weighted by Crippen LogP contribution is 2.33. The number of aliphatic imine (C=N–C) groups is 1. The molecule has 3 aromatic rings. The molecule has 0 saturated heterocycles. The van der Waals surface area contributed by atoms with E-state index < -0.39 is 17.7 Å². The monoisotopic (exact) mass is 434 g/mol. The number of carbonyl (C=O) groups excluding carboxylic acids is 1. The number of ether oxygens (including phenoxy) is 1. The lowest BCUT2D eigenvalue weighted by Crippen LogP contribution is -2.17. The lowest BCUT2D eigenvalue weighted by molar-refractivity contribution is 0.130. The highest BCUT2D eigenvalue weighted by atomic mass is 19.1. The Labute approximate surface area is 186 Å². The molecular formula is C26H24F2N2O2. The van der Waals surface area contributed by atoms with Gasteiger partial charge in [0.25, 0.3) is 0 Å². The molecule has 3 aromatic carbocycles. The Morgan fingerprint density at radius 2 is 1.56 bits per heavy atom. The van der Waals surface area contributed by atoms with Gasteiger partial charge in [-0.3, -0.25) is 10.3 Å². The van der Waals surface area contributed by atoms with Gasteiger partial charge in [0.2, 0.25) is 0 Å². The molecule has 1 atom stereocenters. The van der Waals surface area contributed by atoms with Gasteiger partial charge in [-0.05, 0) is 67.6 Å². The molecule has 32 heavy (non-hydrogen) atoms. The molecule has 0 aromatic heterocycles. The minimum Gasteiger partial charge on any atom is -0.447 e. The van der Waals surface area contributed by atoms with E-state index in [9.17, 15) is 13.6 Å². The number of nitrogens with zero attached hydrogens (tertiary/aromatic N) is 1. The van der Waals surface area contributed by atoms with E-state index in [-0.39, 0.29) is 17.7 Å². The highest BCUT2D eigenvalue weighted by molar-refractivity contribution is 6.02. The van der Waals surface area contributed by atoms with Crippen molar-refractivity contribution in [3.63, 3.8) is 0 Å². The number of nitrogens with one attached hydrogen (secondary N) is 1. The third kappa shape index (κ3) is 4.85. The Hall–Kier alpha value is -3.54. The summed E-state index contributed by atoms with van der Waals surface area (Å²) in [6.45, 7) is 3.59. The van der Waals surface area contributed by atoms with Crippen LogP contribution in [0.3, 0.4) is 0 Å². The number of amides is 1. The number of benzene rings is 3. The Balaban J connectivity index is 1.46. The van der Waals surface area contributed by atoms with E-state index in [2.05, 4.69) is 10.3 Å². The van der Waals surface area contributed by atoms with Crippen molar-refractivity contribution in [3.8, 4) is 11.1 Å². The van der Waals surface area contributed by atoms with Gasteiger partial charge in [0, 0.05) is 11.4 Å². The first-order valence-corrected chi connectivity index (χ1v) is 10.6. The molecule has 1 amide bonds. The molecule has 4 rings (SSSR count). The molecule has 1 unspecified atom stereocenters. The highest BCUT2D eigenvalue weighted by Gasteiger charge is 2.24. The molecule has 1 aliphatic heterocycles. The molecule has 0 saturated carbocycles. The van der Waals surface area contributed by atoms with E-state index in [4.69, 9.17) is 4.74 Å². The predicted octanol–water partition coefficient (Wildman–Crippen LogP) is 6.91. The quantitative estimate of drug-likeness (QED) is 0.474. The number of anilines is 1. The Kier molecular flexibility index (Phi) is 6.30. The minimum atomic E-state index is -0.574. The number of rotatable bonds is 5. The normalized spacial score (nSPS) is 15.5. The number of halogens is 2. The van der Waals surface area contributed by atoms with Gasteiger partial charge >= 0.3 is 6.09 Å². The van der Waals surface area contributed by atoms with Crippen molar-refractivity contribution >= 4 is 17.5 Å². The molecule has 164 valence electrons. The van der Waals surface area contributed by atoms with Crippen LogP contribution < -0.4 is 5.32 Å². The summed E-state index contributed by atoms with van der Waals surface area (Å²) >= 11 is 0. The predicted molar refractivity (Wildman–Crippen MR) is 122 cm³/mol. The maximum atomic E-state index is 14.1. The fourth-order valence-corrected chi connectivity index (χ4v) is 3.80. The van der Waals surface area contributed by atoms with Crippen LogP contribution in [0.15, 0.2) is 71.7 Å². The summed E-state index contributed by atoms with van der Waals surface area (Å²) in [4.78, 5) is 16.3. The third-order valence-electron chi connectivity index (χ3n) is 5.32. The molecule has 4 nitrogen and oxygen atoms in total. The van der Waals surface area contributed by atoms with Crippen LogP contribution in [-0.4, -0.2) is 17.9 Å². The first-order chi connectivity index (χ1) is 15.4. The zero-order chi connectivity index (χ0) is 22.7. The molecule has 0 spiro atoms. The summed E-state index contributed by atoms with van der Waals surface area (Å²) in [7, 11) is 0. The van der Waals surface area contributed by atoms with Crippen molar-refractivity contribution in [2.75, 3.05) is 5.32 Å². The van der Waals surface area contributed by atoms with Crippen LogP contribution in [-0.2, 0) is 4.74 Å². The fourth-order valence-electron chi connectivity index (χ4n) is 3.80. The molecule has 1 aliphatic rings. The van der Waals surface area contributed by atoms with Crippen molar-refractivity contribution in [1.82, 2.24) is 0 Å². The molecule has 6 heteroatoms. The standard InChI is InChI=1S/C26H24F2N2O2/c1-16(2)32-26(31)29-20-12-10-18(11-13-20)17-6-8-19(9-7-17)23-14-15-24(30-23)25-21(27)4-3-5-22(25)28/h3-13,16,23H,14-15H2,1-2H3,(H,29,31). The lowest BCUT2D eigenvalue weighted by Gasteiger charge is -2.11. The first-order valence-electron chi connectivity index (χ1n) is 10.6. The maximum absolute atomic E-state index is 14.1.